The summed E-state index contributed by atoms with van der Waals surface area (Å²) in [6.07, 6.45) is 0.170. The first-order chi connectivity index (χ1) is 2.77. The second kappa shape index (κ2) is 4.03. The van der Waals surface area contributed by atoms with Crippen molar-refractivity contribution in [3.63, 3.8) is 0 Å². The van der Waals surface area contributed by atoms with Crippen LogP contribution in [0.3, 0.4) is 0 Å². The third-order valence-electron chi connectivity index (χ3n) is 0.328. The molecule has 0 rings (SSSR count). The van der Waals surface area contributed by atoms with Crippen molar-refractivity contribution < 1.29 is 33.9 Å². The average molecular weight is 164 g/mol. The molecule has 0 aromatic rings. The summed E-state index contributed by atoms with van der Waals surface area (Å²) in [5.41, 5.74) is 0. The van der Waals surface area contributed by atoms with Crippen molar-refractivity contribution in [1.29, 1.82) is 0 Å². The molecule has 0 aromatic carbocycles. The molecule has 0 atom stereocenters. The Bertz CT molecular complexity index is 44.1. The summed E-state index contributed by atoms with van der Waals surface area (Å²) in [7, 11) is 0. The zero-order valence-corrected chi connectivity index (χ0v) is 6.81. The van der Waals surface area contributed by atoms with E-state index in [0.29, 0.717) is 0 Å². The Labute approximate surface area is 53.7 Å². The molecule has 0 saturated carbocycles. The summed E-state index contributed by atoms with van der Waals surface area (Å²) >= 11 is -1.74. The van der Waals surface area contributed by atoms with Gasteiger partial charge in [0.15, 0.2) is 0 Å². The SMILES string of the molecule is CC(C)[O][Y]=[O]. The molecule has 6 heavy (non-hydrogen) atoms. The molecular weight excluding hydrogens is 157 g/mol. The van der Waals surface area contributed by atoms with Gasteiger partial charge in [-0.05, 0) is 0 Å². The number of rotatable bonds is 2. The van der Waals surface area contributed by atoms with E-state index in [9.17, 15) is 2.04 Å². The fourth-order valence-corrected chi connectivity index (χ4v) is 0.657. The van der Waals surface area contributed by atoms with Crippen molar-refractivity contribution >= 4 is 0 Å². The minimum absolute atomic E-state index is 0.170. The van der Waals surface area contributed by atoms with Crippen LogP contribution in [-0.4, -0.2) is 6.10 Å². The van der Waals surface area contributed by atoms with Crippen LogP contribution in [-0.2, 0) is 33.9 Å². The summed E-state index contributed by atoms with van der Waals surface area (Å²) in [6, 6.07) is 0. The van der Waals surface area contributed by atoms with E-state index in [1.165, 1.54) is 0 Å². The van der Waals surface area contributed by atoms with Crippen LogP contribution >= 0.6 is 0 Å². The van der Waals surface area contributed by atoms with Crippen molar-refractivity contribution in [1.82, 2.24) is 0 Å². The summed E-state index contributed by atoms with van der Waals surface area (Å²) in [6.45, 7) is 3.76. The van der Waals surface area contributed by atoms with Gasteiger partial charge >= 0.3 is 53.8 Å². The van der Waals surface area contributed by atoms with E-state index in [4.69, 9.17) is 0 Å². The van der Waals surface area contributed by atoms with Crippen LogP contribution in [0.2, 0.25) is 0 Å². The number of hydrogen-bond donors (Lipinski definition) is 0. The maximum atomic E-state index is 9.71. The molecule has 34 valence electrons. The van der Waals surface area contributed by atoms with E-state index in [1.807, 2.05) is 13.8 Å². The molecule has 0 radical (unpaired) electrons. The quantitative estimate of drug-likeness (QED) is 0.601. The Morgan fingerprint density at radius 2 is 2.17 bits per heavy atom. The van der Waals surface area contributed by atoms with Crippen molar-refractivity contribution in [2.24, 2.45) is 0 Å². The fourth-order valence-electron chi connectivity index (χ4n) is 0.111. The molecule has 0 spiro atoms. The average Bonchev–Trinajstić information content (AvgIpc) is 1.35. The van der Waals surface area contributed by atoms with Gasteiger partial charge in [0.1, 0.15) is 0 Å². The Balaban J connectivity index is 2.81. The second-order valence-corrected chi connectivity index (χ2v) is 2.42. The van der Waals surface area contributed by atoms with Gasteiger partial charge in [-0.3, -0.25) is 0 Å². The van der Waals surface area contributed by atoms with Crippen LogP contribution in [0, 0.1) is 0 Å². The predicted octanol–water partition coefficient (Wildman–Crippen LogP) is 0.754. The van der Waals surface area contributed by atoms with Crippen LogP contribution in [0.15, 0.2) is 0 Å². The van der Waals surface area contributed by atoms with Gasteiger partial charge in [0.25, 0.3) is 0 Å². The van der Waals surface area contributed by atoms with Gasteiger partial charge in [-0.15, -0.1) is 0 Å². The van der Waals surface area contributed by atoms with E-state index in [-0.39, 0.29) is 6.10 Å². The molecule has 0 amide bonds. The standard InChI is InChI=1S/C3H7O.O.Y/c1-3(2)4;;/h3H,1-2H3;;/q-1;;+1. The van der Waals surface area contributed by atoms with E-state index in [0.717, 1.165) is 0 Å². The molecule has 0 aromatic heterocycles. The monoisotopic (exact) mass is 164 g/mol. The molecule has 0 bridgehead atoms. The molecule has 0 fully saturated rings. The number of hydrogen-bond acceptors (Lipinski definition) is 2. The third-order valence-corrected chi connectivity index (χ3v) is 1.94. The van der Waals surface area contributed by atoms with E-state index < -0.39 is 29.8 Å². The molecule has 0 heterocycles. The van der Waals surface area contributed by atoms with E-state index in [2.05, 4.69) is 2.05 Å². The molecule has 0 aliphatic heterocycles. The third kappa shape index (κ3) is 4.86. The van der Waals surface area contributed by atoms with E-state index >= 15 is 0 Å². The van der Waals surface area contributed by atoms with E-state index in [1.54, 1.807) is 0 Å². The fraction of sp³-hybridized carbons (Fsp3) is 1.00. The molecule has 3 heteroatoms. The topological polar surface area (TPSA) is 26.3 Å². The Morgan fingerprint density at radius 3 is 2.17 bits per heavy atom. The first-order valence-electron chi connectivity index (χ1n) is 1.86. The zero-order chi connectivity index (χ0) is 4.99. The summed E-state index contributed by atoms with van der Waals surface area (Å²) in [5, 5.41) is 0. The summed E-state index contributed by atoms with van der Waals surface area (Å²) in [5.74, 6) is 0. The normalized spacial score (nSPS) is 8.50. The van der Waals surface area contributed by atoms with Crippen LogP contribution in [0.1, 0.15) is 13.8 Å². The van der Waals surface area contributed by atoms with Gasteiger partial charge in [-0.1, -0.05) is 0 Å². The Kier molecular flexibility index (Phi) is 4.62. The Morgan fingerprint density at radius 1 is 1.67 bits per heavy atom. The van der Waals surface area contributed by atoms with Gasteiger partial charge in [-0.25, -0.2) is 0 Å². The molecule has 0 aliphatic carbocycles. The molecule has 0 unspecified atom stereocenters. The van der Waals surface area contributed by atoms with Crippen molar-refractivity contribution in [2.45, 2.75) is 20.0 Å². The van der Waals surface area contributed by atoms with Crippen LogP contribution in [0.4, 0.5) is 0 Å². The van der Waals surface area contributed by atoms with Gasteiger partial charge in [-0.2, -0.15) is 0 Å². The molecule has 0 saturated heterocycles. The van der Waals surface area contributed by atoms with Gasteiger partial charge in [0, 0.05) is 0 Å². The first kappa shape index (κ1) is 6.86. The Hall–Kier alpha value is 0.864. The summed E-state index contributed by atoms with van der Waals surface area (Å²) < 4.78 is 14.4. The molecule has 0 N–H and O–H groups in total. The maximum absolute atomic E-state index is 9.71. The molecular formula is C3H7O2Y. The van der Waals surface area contributed by atoms with Crippen LogP contribution < -0.4 is 0 Å². The summed E-state index contributed by atoms with van der Waals surface area (Å²) in [4.78, 5) is 0. The van der Waals surface area contributed by atoms with Crippen molar-refractivity contribution in [2.75, 3.05) is 0 Å². The van der Waals surface area contributed by atoms with Gasteiger partial charge < -0.3 is 0 Å². The molecule has 2 nitrogen and oxygen atoms in total. The van der Waals surface area contributed by atoms with Crippen molar-refractivity contribution in [3.8, 4) is 0 Å². The first-order valence-corrected chi connectivity index (χ1v) is 4.18. The van der Waals surface area contributed by atoms with Gasteiger partial charge in [0.05, 0.1) is 0 Å². The van der Waals surface area contributed by atoms with Gasteiger partial charge in [0.2, 0.25) is 0 Å². The zero-order valence-electron chi connectivity index (χ0n) is 3.97. The van der Waals surface area contributed by atoms with Crippen molar-refractivity contribution in [3.05, 3.63) is 0 Å². The second-order valence-electron chi connectivity index (χ2n) is 1.28. The van der Waals surface area contributed by atoms with Crippen LogP contribution in [0.5, 0.6) is 0 Å². The van der Waals surface area contributed by atoms with Crippen LogP contribution in [0.25, 0.3) is 0 Å². The minimum atomic E-state index is -1.74. The molecule has 0 aliphatic rings. The predicted molar refractivity (Wildman–Crippen MR) is 16.9 cm³/mol.